The molecule has 0 saturated carbocycles. The van der Waals surface area contributed by atoms with Crippen molar-refractivity contribution in [1.29, 1.82) is 0 Å². The van der Waals surface area contributed by atoms with E-state index in [4.69, 9.17) is 14.5 Å². The summed E-state index contributed by atoms with van der Waals surface area (Å²) in [5.74, 6) is -0.222. The van der Waals surface area contributed by atoms with Gasteiger partial charge in [-0.25, -0.2) is 19.0 Å². The van der Waals surface area contributed by atoms with Gasteiger partial charge in [0.05, 0.1) is 23.2 Å². The van der Waals surface area contributed by atoms with Crippen LogP contribution in [0.15, 0.2) is 35.4 Å². The van der Waals surface area contributed by atoms with Crippen molar-refractivity contribution in [3.63, 3.8) is 0 Å². The lowest BCUT2D eigenvalue weighted by Crippen LogP contribution is -2.30. The Morgan fingerprint density at radius 3 is 2.69 bits per heavy atom. The zero-order valence-corrected chi connectivity index (χ0v) is 22.3. The van der Waals surface area contributed by atoms with Gasteiger partial charge >= 0.3 is 5.97 Å². The van der Waals surface area contributed by atoms with Gasteiger partial charge < -0.3 is 24.6 Å². The van der Waals surface area contributed by atoms with E-state index in [1.165, 1.54) is 19.2 Å². The molecule has 0 spiro atoms. The highest BCUT2D eigenvalue weighted by Gasteiger charge is 2.23. The fourth-order valence-electron chi connectivity index (χ4n) is 4.16. The predicted octanol–water partition coefficient (Wildman–Crippen LogP) is 4.89. The highest BCUT2D eigenvalue weighted by Crippen LogP contribution is 2.36. The minimum absolute atomic E-state index is 0.168. The standard InChI is InChI=1S/C25H30N4O5S2/c1-14-11-18(24(30)31)5-6-20(14)29-36(32)21-12-19(13-26-23(21)33-4)22-16(3)28-25(35-22)27-15(2)17-7-9-34-10-8-17/h5-6,11-13,15,17,29H,7-10H2,1-4H3,(H,27,28)(H,30,31). The molecule has 0 bridgehead atoms. The van der Waals surface area contributed by atoms with Crippen LogP contribution in [0.2, 0.25) is 0 Å². The number of thiazole rings is 1. The summed E-state index contributed by atoms with van der Waals surface area (Å²) in [5, 5.41) is 13.6. The van der Waals surface area contributed by atoms with E-state index in [1.807, 2.05) is 6.92 Å². The summed E-state index contributed by atoms with van der Waals surface area (Å²) in [6, 6.07) is 6.68. The second kappa shape index (κ2) is 11.4. The number of carbonyl (C=O) groups is 1. The van der Waals surface area contributed by atoms with Crippen LogP contribution in [0.3, 0.4) is 0 Å². The molecule has 192 valence electrons. The van der Waals surface area contributed by atoms with E-state index in [2.05, 4.69) is 21.9 Å². The zero-order chi connectivity index (χ0) is 25.8. The van der Waals surface area contributed by atoms with Crippen molar-refractivity contribution in [1.82, 2.24) is 9.97 Å². The van der Waals surface area contributed by atoms with Crippen LogP contribution in [0.4, 0.5) is 10.8 Å². The number of rotatable bonds is 9. The number of aryl methyl sites for hydroxylation is 2. The molecular formula is C25H30N4O5S2. The van der Waals surface area contributed by atoms with Crippen LogP contribution in [-0.2, 0) is 15.7 Å². The number of pyridine rings is 1. The number of hydrogen-bond acceptors (Lipinski definition) is 8. The molecule has 2 atom stereocenters. The van der Waals surface area contributed by atoms with Crippen molar-refractivity contribution in [3.05, 3.63) is 47.3 Å². The summed E-state index contributed by atoms with van der Waals surface area (Å²) in [6.45, 7) is 7.48. The predicted molar refractivity (Wildman–Crippen MR) is 141 cm³/mol. The van der Waals surface area contributed by atoms with Crippen molar-refractivity contribution < 1.29 is 23.6 Å². The molecule has 1 aromatic carbocycles. The highest BCUT2D eigenvalue weighted by atomic mass is 32.2. The van der Waals surface area contributed by atoms with Gasteiger partial charge in [0.25, 0.3) is 0 Å². The molecule has 11 heteroatoms. The Balaban J connectivity index is 1.56. The third kappa shape index (κ3) is 5.85. The molecule has 0 aliphatic carbocycles. The first kappa shape index (κ1) is 26.1. The first-order valence-electron chi connectivity index (χ1n) is 11.6. The lowest BCUT2D eigenvalue weighted by molar-refractivity contribution is 0.0622. The number of anilines is 2. The molecule has 0 radical (unpaired) electrons. The van der Waals surface area contributed by atoms with E-state index in [0.717, 1.165) is 47.3 Å². The Hall–Kier alpha value is -3.02. The van der Waals surface area contributed by atoms with E-state index in [0.29, 0.717) is 22.1 Å². The number of aromatic carboxylic acids is 1. The summed E-state index contributed by atoms with van der Waals surface area (Å²) < 4.78 is 27.1. The van der Waals surface area contributed by atoms with E-state index in [-0.39, 0.29) is 17.5 Å². The van der Waals surface area contributed by atoms with E-state index < -0.39 is 17.0 Å². The quantitative estimate of drug-likeness (QED) is 0.357. The number of nitrogens with one attached hydrogen (secondary N) is 2. The Morgan fingerprint density at radius 2 is 2.03 bits per heavy atom. The summed E-state index contributed by atoms with van der Waals surface area (Å²) in [5.41, 5.74) is 3.05. The lowest BCUT2D eigenvalue weighted by atomic mass is 9.93. The minimum atomic E-state index is -1.70. The van der Waals surface area contributed by atoms with Gasteiger partial charge in [-0.3, -0.25) is 0 Å². The molecule has 1 aliphatic rings. The van der Waals surface area contributed by atoms with E-state index in [1.54, 1.807) is 36.6 Å². The van der Waals surface area contributed by atoms with Gasteiger partial charge in [0.15, 0.2) is 16.1 Å². The maximum atomic E-state index is 13.3. The molecule has 9 nitrogen and oxygen atoms in total. The molecule has 3 aromatic rings. The summed E-state index contributed by atoms with van der Waals surface area (Å²) in [4.78, 5) is 21.6. The molecule has 1 saturated heterocycles. The van der Waals surface area contributed by atoms with Crippen molar-refractivity contribution in [3.8, 4) is 16.3 Å². The molecule has 2 aromatic heterocycles. The summed E-state index contributed by atoms with van der Waals surface area (Å²) in [6.07, 6.45) is 3.77. The fraction of sp³-hybridized carbons (Fsp3) is 0.400. The maximum Gasteiger partial charge on any atom is 0.335 e. The van der Waals surface area contributed by atoms with Crippen molar-refractivity contribution in [2.24, 2.45) is 5.92 Å². The van der Waals surface area contributed by atoms with Gasteiger partial charge in [-0.15, -0.1) is 0 Å². The second-order valence-electron chi connectivity index (χ2n) is 8.75. The van der Waals surface area contributed by atoms with Crippen LogP contribution in [0.1, 0.15) is 41.4 Å². The Kier molecular flexibility index (Phi) is 8.22. The summed E-state index contributed by atoms with van der Waals surface area (Å²) in [7, 11) is -0.219. The topological polar surface area (TPSA) is 123 Å². The molecule has 3 N–H and O–H groups in total. The zero-order valence-electron chi connectivity index (χ0n) is 20.7. The van der Waals surface area contributed by atoms with Crippen molar-refractivity contribution in [2.45, 2.75) is 44.6 Å². The van der Waals surface area contributed by atoms with E-state index in [9.17, 15) is 14.1 Å². The largest absolute Gasteiger partial charge is 0.480 e. The molecule has 1 aliphatic heterocycles. The number of benzene rings is 1. The van der Waals surface area contributed by atoms with Crippen molar-refractivity contribution in [2.75, 3.05) is 30.4 Å². The number of carboxylic acids is 1. The van der Waals surface area contributed by atoms with Crippen LogP contribution in [0.25, 0.3) is 10.4 Å². The Bertz CT molecular complexity index is 1270. The number of methoxy groups -OCH3 is 1. The van der Waals surface area contributed by atoms with Crippen LogP contribution >= 0.6 is 11.3 Å². The Labute approximate surface area is 216 Å². The first-order valence-corrected chi connectivity index (χ1v) is 13.6. The SMILES string of the molecule is COc1ncc(-c2sc(NC(C)C3CCOCC3)nc2C)cc1S(=O)Nc1ccc(C(=O)O)cc1C. The number of aromatic nitrogens is 2. The molecule has 0 amide bonds. The van der Waals surface area contributed by atoms with Crippen LogP contribution in [0, 0.1) is 19.8 Å². The van der Waals surface area contributed by atoms with Gasteiger partial charge in [-0.2, -0.15) is 0 Å². The number of hydrogen-bond donors (Lipinski definition) is 3. The first-order chi connectivity index (χ1) is 17.3. The van der Waals surface area contributed by atoms with Crippen molar-refractivity contribution >= 4 is 39.1 Å². The van der Waals surface area contributed by atoms with Crippen LogP contribution < -0.4 is 14.8 Å². The smallest absolute Gasteiger partial charge is 0.335 e. The minimum Gasteiger partial charge on any atom is -0.480 e. The number of nitrogens with zero attached hydrogens (tertiary/aromatic N) is 2. The number of ether oxygens (including phenoxy) is 2. The van der Waals surface area contributed by atoms with E-state index >= 15 is 0 Å². The van der Waals surface area contributed by atoms with Gasteiger partial charge in [-0.05, 0) is 69.4 Å². The molecule has 2 unspecified atom stereocenters. The van der Waals surface area contributed by atoms with Gasteiger partial charge in [0.2, 0.25) is 5.88 Å². The normalized spacial score (nSPS) is 15.8. The lowest BCUT2D eigenvalue weighted by Gasteiger charge is -2.28. The average Bonchev–Trinajstić information content (AvgIpc) is 3.24. The molecule has 4 rings (SSSR count). The van der Waals surface area contributed by atoms with Gasteiger partial charge in [0, 0.05) is 36.7 Å². The van der Waals surface area contributed by atoms with Gasteiger partial charge in [-0.1, -0.05) is 11.3 Å². The Morgan fingerprint density at radius 1 is 1.28 bits per heavy atom. The highest BCUT2D eigenvalue weighted by molar-refractivity contribution is 7.86. The monoisotopic (exact) mass is 530 g/mol. The van der Waals surface area contributed by atoms with Crippen LogP contribution in [-0.4, -0.2) is 51.6 Å². The molecule has 1 fully saturated rings. The number of carboxylic acid groups (broad SMARTS) is 1. The second-order valence-corrected chi connectivity index (χ2v) is 10.9. The fourth-order valence-corrected chi connectivity index (χ4v) is 6.27. The summed E-state index contributed by atoms with van der Waals surface area (Å²) >= 11 is 1.54. The molecule has 3 heterocycles. The average molecular weight is 531 g/mol. The third-order valence-electron chi connectivity index (χ3n) is 6.27. The molecule has 36 heavy (non-hydrogen) atoms. The van der Waals surface area contributed by atoms with Crippen LogP contribution in [0.5, 0.6) is 5.88 Å². The maximum absolute atomic E-state index is 13.3. The van der Waals surface area contributed by atoms with Gasteiger partial charge in [0.1, 0.15) is 4.90 Å². The molecular weight excluding hydrogens is 500 g/mol. The third-order valence-corrected chi connectivity index (χ3v) is 8.51.